The normalized spacial score (nSPS) is 14.9. The van der Waals surface area contributed by atoms with Gasteiger partial charge in [0.2, 0.25) is 0 Å². The number of hydrogen-bond donors (Lipinski definition) is 1. The number of halogens is 1. The molecule has 8 heteroatoms. The Morgan fingerprint density at radius 1 is 1.22 bits per heavy atom. The van der Waals surface area contributed by atoms with Crippen molar-refractivity contribution < 1.29 is 4.79 Å². The number of aromatic nitrogens is 2. The third-order valence-corrected chi connectivity index (χ3v) is 6.87. The predicted molar refractivity (Wildman–Crippen MR) is 148 cm³/mol. The molecule has 1 aliphatic heterocycles. The lowest BCUT2D eigenvalue weighted by Gasteiger charge is -2.39. The summed E-state index contributed by atoms with van der Waals surface area (Å²) in [6.45, 7) is 11.7. The summed E-state index contributed by atoms with van der Waals surface area (Å²) in [6.07, 6.45) is 8.00. The van der Waals surface area contributed by atoms with Crippen LogP contribution in [0.5, 0.6) is 0 Å². The Morgan fingerprint density at radius 3 is 2.57 bits per heavy atom. The summed E-state index contributed by atoms with van der Waals surface area (Å²) < 4.78 is 2.07. The number of urea groups is 1. The van der Waals surface area contributed by atoms with Crippen LogP contribution in [0.4, 0.5) is 10.5 Å². The van der Waals surface area contributed by atoms with E-state index in [1.54, 1.807) is 30.5 Å². The molecule has 0 bridgehead atoms. The van der Waals surface area contributed by atoms with Crippen LogP contribution in [0, 0.1) is 18.3 Å². The molecule has 37 heavy (non-hydrogen) atoms. The van der Waals surface area contributed by atoms with Crippen LogP contribution in [0.2, 0.25) is 5.02 Å². The van der Waals surface area contributed by atoms with E-state index in [4.69, 9.17) is 16.9 Å². The maximum absolute atomic E-state index is 12.8. The fourth-order valence-corrected chi connectivity index (χ4v) is 4.76. The number of imidazole rings is 1. The summed E-state index contributed by atoms with van der Waals surface area (Å²) in [4.78, 5) is 21.4. The van der Waals surface area contributed by atoms with Crippen molar-refractivity contribution >= 4 is 28.9 Å². The average Bonchev–Trinajstić information content (AvgIpc) is 3.32. The van der Waals surface area contributed by atoms with Gasteiger partial charge in [0.25, 0.3) is 0 Å². The quantitative estimate of drug-likeness (QED) is 0.398. The smallest absolute Gasteiger partial charge is 0.321 e. The number of rotatable bonds is 7. The number of aryl methyl sites for hydroxylation is 1. The van der Waals surface area contributed by atoms with Gasteiger partial charge in [-0.1, -0.05) is 36.4 Å². The van der Waals surface area contributed by atoms with Crippen LogP contribution in [-0.2, 0) is 6.54 Å². The Hall–Kier alpha value is -3.86. The Kier molecular flexibility index (Phi) is 8.44. The summed E-state index contributed by atoms with van der Waals surface area (Å²) in [5.41, 5.74) is 4.38. The number of nitrogens with one attached hydrogen (secondary N) is 1. The van der Waals surface area contributed by atoms with E-state index < -0.39 is 0 Å². The lowest BCUT2D eigenvalue weighted by molar-refractivity contribution is 0.128. The summed E-state index contributed by atoms with van der Waals surface area (Å²) in [7, 11) is 0. The van der Waals surface area contributed by atoms with Crippen LogP contribution < -0.4 is 5.32 Å². The van der Waals surface area contributed by atoms with E-state index in [2.05, 4.69) is 50.6 Å². The van der Waals surface area contributed by atoms with Gasteiger partial charge < -0.3 is 14.8 Å². The summed E-state index contributed by atoms with van der Waals surface area (Å²) in [6, 6.07) is 14.9. The zero-order valence-electron chi connectivity index (χ0n) is 21.2. The molecule has 0 spiro atoms. The second kappa shape index (κ2) is 11.9. The molecule has 1 aromatic heterocycles. The van der Waals surface area contributed by atoms with Crippen molar-refractivity contribution in [1.82, 2.24) is 19.4 Å². The molecule has 4 rings (SSSR count). The largest absolute Gasteiger partial charge is 0.331 e. The zero-order chi connectivity index (χ0) is 26.4. The van der Waals surface area contributed by atoms with Gasteiger partial charge in [0.15, 0.2) is 0 Å². The van der Waals surface area contributed by atoms with Crippen molar-refractivity contribution in [3.8, 4) is 6.07 Å². The van der Waals surface area contributed by atoms with E-state index in [9.17, 15) is 4.79 Å². The standard InChI is InChI=1S/C29H31ClN6O/c1-4-5-28(26-11-8-24(30)18-27(26)21(2)20-36-13-12-32-22(36)3)34-14-16-35(17-15-34)29(37)33-25-9-6-23(19-31)7-10-25/h4-13,18,28H,2,14-17,20H2,1,3H3,(H,33,37)/b5-4+. The van der Waals surface area contributed by atoms with Gasteiger partial charge in [-0.25, -0.2) is 9.78 Å². The van der Waals surface area contributed by atoms with Gasteiger partial charge in [0.05, 0.1) is 17.7 Å². The van der Waals surface area contributed by atoms with E-state index in [1.807, 2.05) is 37.1 Å². The highest BCUT2D eigenvalue weighted by Crippen LogP contribution is 2.33. The number of amides is 2. The fourth-order valence-electron chi connectivity index (χ4n) is 4.59. The first-order valence-corrected chi connectivity index (χ1v) is 12.7. The van der Waals surface area contributed by atoms with Crippen molar-refractivity contribution in [3.63, 3.8) is 0 Å². The number of piperazine rings is 1. The number of nitriles is 1. The Labute approximate surface area is 223 Å². The van der Waals surface area contributed by atoms with Crippen molar-refractivity contribution in [1.29, 1.82) is 5.26 Å². The number of hydrogen-bond acceptors (Lipinski definition) is 4. The van der Waals surface area contributed by atoms with E-state index in [-0.39, 0.29) is 12.1 Å². The van der Waals surface area contributed by atoms with Crippen molar-refractivity contribution in [2.75, 3.05) is 31.5 Å². The fraction of sp³-hybridized carbons (Fsp3) is 0.276. The van der Waals surface area contributed by atoms with Gasteiger partial charge >= 0.3 is 6.03 Å². The molecule has 1 aliphatic rings. The van der Waals surface area contributed by atoms with E-state index in [0.29, 0.717) is 35.9 Å². The molecule has 1 unspecified atom stereocenters. The molecular weight excluding hydrogens is 484 g/mol. The van der Waals surface area contributed by atoms with Gasteiger partial charge in [-0.3, -0.25) is 4.90 Å². The lowest BCUT2D eigenvalue weighted by atomic mass is 9.93. The number of benzene rings is 2. The summed E-state index contributed by atoms with van der Waals surface area (Å²) in [5, 5.41) is 12.6. The first-order valence-electron chi connectivity index (χ1n) is 12.3. The van der Waals surface area contributed by atoms with Crippen LogP contribution in [0.15, 0.2) is 73.6 Å². The topological polar surface area (TPSA) is 77.2 Å². The second-order valence-corrected chi connectivity index (χ2v) is 9.49. The third-order valence-electron chi connectivity index (χ3n) is 6.63. The lowest BCUT2D eigenvalue weighted by Crippen LogP contribution is -2.50. The number of allylic oxidation sites excluding steroid dienone is 2. The molecule has 2 amide bonds. The number of nitrogens with zero attached hydrogens (tertiary/aromatic N) is 5. The highest BCUT2D eigenvalue weighted by atomic mass is 35.5. The van der Waals surface area contributed by atoms with Crippen LogP contribution >= 0.6 is 11.6 Å². The molecule has 3 aromatic rings. The third kappa shape index (κ3) is 6.29. The van der Waals surface area contributed by atoms with Gasteiger partial charge in [-0.2, -0.15) is 5.26 Å². The second-order valence-electron chi connectivity index (χ2n) is 9.05. The Morgan fingerprint density at radius 2 is 1.95 bits per heavy atom. The van der Waals surface area contributed by atoms with E-state index >= 15 is 0 Å². The van der Waals surface area contributed by atoms with E-state index in [0.717, 1.165) is 35.6 Å². The zero-order valence-corrected chi connectivity index (χ0v) is 21.9. The molecule has 0 radical (unpaired) electrons. The highest BCUT2D eigenvalue weighted by Gasteiger charge is 2.27. The number of anilines is 1. The first kappa shape index (κ1) is 26.2. The van der Waals surface area contributed by atoms with Crippen LogP contribution in [0.25, 0.3) is 5.57 Å². The maximum atomic E-state index is 12.8. The van der Waals surface area contributed by atoms with Crippen molar-refractivity contribution in [3.05, 3.63) is 101 Å². The Balaban J connectivity index is 1.47. The molecule has 2 aromatic carbocycles. The van der Waals surface area contributed by atoms with E-state index in [1.165, 1.54) is 0 Å². The van der Waals surface area contributed by atoms with Crippen molar-refractivity contribution in [2.24, 2.45) is 0 Å². The molecule has 1 saturated heterocycles. The minimum Gasteiger partial charge on any atom is -0.331 e. The van der Waals surface area contributed by atoms with Crippen molar-refractivity contribution in [2.45, 2.75) is 26.4 Å². The van der Waals surface area contributed by atoms with Gasteiger partial charge in [0.1, 0.15) is 5.82 Å². The first-order chi connectivity index (χ1) is 17.9. The molecule has 0 aliphatic carbocycles. The van der Waals surface area contributed by atoms with Crippen LogP contribution in [0.1, 0.15) is 35.5 Å². The van der Waals surface area contributed by atoms with Gasteiger partial charge in [-0.15, -0.1) is 0 Å². The molecular formula is C29H31ClN6O. The molecule has 0 saturated carbocycles. The summed E-state index contributed by atoms with van der Waals surface area (Å²) >= 11 is 6.42. The van der Waals surface area contributed by atoms with Crippen LogP contribution in [-0.4, -0.2) is 51.6 Å². The molecule has 7 nitrogen and oxygen atoms in total. The average molecular weight is 515 g/mol. The van der Waals surface area contributed by atoms with Gasteiger partial charge in [0, 0.05) is 55.8 Å². The molecule has 1 N–H and O–H groups in total. The minimum atomic E-state index is -0.136. The maximum Gasteiger partial charge on any atom is 0.321 e. The molecule has 1 fully saturated rings. The number of carbonyl (C=O) groups excluding carboxylic acids is 1. The molecule has 1 atom stereocenters. The molecule has 2 heterocycles. The highest BCUT2D eigenvalue weighted by molar-refractivity contribution is 6.30. The predicted octanol–water partition coefficient (Wildman–Crippen LogP) is 5.90. The minimum absolute atomic E-state index is 0.0293. The SMILES string of the molecule is C=C(Cn1ccnc1C)c1cc(Cl)ccc1C(/C=C/C)N1CCN(C(=O)Nc2ccc(C#N)cc2)CC1. The summed E-state index contributed by atoms with van der Waals surface area (Å²) in [5.74, 6) is 0.935. The monoisotopic (exact) mass is 514 g/mol. The van der Waals surface area contributed by atoms with Gasteiger partial charge in [-0.05, 0) is 66.9 Å². The number of carbonyl (C=O) groups is 1. The molecule has 190 valence electrons. The Bertz CT molecular complexity index is 1330. The van der Waals surface area contributed by atoms with Crippen LogP contribution in [0.3, 0.4) is 0 Å².